The van der Waals surface area contributed by atoms with Crippen molar-refractivity contribution in [3.8, 4) is 17.0 Å². The fraction of sp³-hybridized carbons (Fsp3) is 0.233. The zero-order valence-corrected chi connectivity index (χ0v) is 20.4. The van der Waals surface area contributed by atoms with Crippen LogP contribution in [0, 0.1) is 5.92 Å². The summed E-state index contributed by atoms with van der Waals surface area (Å²) in [4.78, 5) is 15.5. The highest BCUT2D eigenvalue weighted by atomic mass is 16.5. The zero-order valence-electron chi connectivity index (χ0n) is 20.4. The second-order valence-electron chi connectivity index (χ2n) is 9.03. The molecular weight excluding hydrogens is 448 g/mol. The normalized spacial score (nSPS) is 14.0. The molecule has 1 amide bonds. The minimum absolute atomic E-state index is 0.0253. The molecule has 1 aromatic heterocycles. The van der Waals surface area contributed by atoms with E-state index in [1.54, 1.807) is 7.11 Å². The SMILES string of the molecule is COc1ccc(-c2ccc(N3CCC(C(=O)NC(c4ccccc4)c4ccccc4)CC3)nn2)cc1. The van der Waals surface area contributed by atoms with Gasteiger partial charge in [0.1, 0.15) is 5.75 Å². The fourth-order valence-corrected chi connectivity index (χ4v) is 4.69. The molecule has 1 aliphatic heterocycles. The van der Waals surface area contributed by atoms with Gasteiger partial charge in [0.25, 0.3) is 0 Å². The average molecular weight is 479 g/mol. The van der Waals surface area contributed by atoms with Crippen molar-refractivity contribution < 1.29 is 9.53 Å². The number of aromatic nitrogens is 2. The van der Waals surface area contributed by atoms with Gasteiger partial charge in [0.15, 0.2) is 5.82 Å². The Morgan fingerprint density at radius 2 is 1.44 bits per heavy atom. The zero-order chi connectivity index (χ0) is 24.7. The van der Waals surface area contributed by atoms with E-state index in [0.29, 0.717) is 0 Å². The Morgan fingerprint density at radius 1 is 0.833 bits per heavy atom. The minimum Gasteiger partial charge on any atom is -0.497 e. The third-order valence-corrected chi connectivity index (χ3v) is 6.78. The third kappa shape index (κ3) is 5.38. The lowest BCUT2D eigenvalue weighted by atomic mass is 9.93. The van der Waals surface area contributed by atoms with Gasteiger partial charge in [-0.2, -0.15) is 0 Å². The molecule has 0 saturated carbocycles. The Labute approximate surface area is 212 Å². The van der Waals surface area contributed by atoms with E-state index in [-0.39, 0.29) is 17.9 Å². The van der Waals surface area contributed by atoms with Crippen molar-refractivity contribution in [3.63, 3.8) is 0 Å². The number of hydrogen-bond donors (Lipinski definition) is 1. The van der Waals surface area contributed by atoms with E-state index in [2.05, 4.69) is 44.7 Å². The first-order valence-electron chi connectivity index (χ1n) is 12.3. The summed E-state index contributed by atoms with van der Waals surface area (Å²) in [6.45, 7) is 1.55. The van der Waals surface area contributed by atoms with Crippen molar-refractivity contribution in [3.05, 3.63) is 108 Å². The lowest BCUT2D eigenvalue weighted by molar-refractivity contribution is -0.126. The summed E-state index contributed by atoms with van der Waals surface area (Å²) in [5.41, 5.74) is 3.99. The lowest BCUT2D eigenvalue weighted by Gasteiger charge is -2.32. The number of nitrogens with zero attached hydrogens (tertiary/aromatic N) is 3. The van der Waals surface area contributed by atoms with Crippen molar-refractivity contribution in [2.75, 3.05) is 25.1 Å². The maximum atomic E-state index is 13.3. The van der Waals surface area contributed by atoms with Gasteiger partial charge in [0.05, 0.1) is 18.8 Å². The van der Waals surface area contributed by atoms with E-state index in [1.807, 2.05) is 72.8 Å². The second-order valence-corrected chi connectivity index (χ2v) is 9.03. The van der Waals surface area contributed by atoms with Gasteiger partial charge in [0, 0.05) is 24.6 Å². The Hall–Kier alpha value is -4.19. The van der Waals surface area contributed by atoms with E-state index < -0.39 is 0 Å². The summed E-state index contributed by atoms with van der Waals surface area (Å²) < 4.78 is 5.22. The first kappa shape index (κ1) is 23.5. The molecular formula is C30H30N4O2. The highest BCUT2D eigenvalue weighted by Crippen LogP contribution is 2.27. The maximum Gasteiger partial charge on any atom is 0.223 e. The molecule has 36 heavy (non-hydrogen) atoms. The van der Waals surface area contributed by atoms with Gasteiger partial charge in [-0.1, -0.05) is 60.7 Å². The standard InChI is InChI=1S/C30H30N4O2/c1-36-26-14-12-22(13-15-26)27-16-17-28(33-32-27)34-20-18-25(19-21-34)30(35)31-29(23-8-4-2-5-9-23)24-10-6-3-7-11-24/h2-17,25,29H,18-21H2,1H3,(H,31,35). The quantitative estimate of drug-likeness (QED) is 0.392. The van der Waals surface area contributed by atoms with E-state index in [0.717, 1.165) is 59.9 Å². The van der Waals surface area contributed by atoms with Crippen LogP contribution in [0.5, 0.6) is 5.75 Å². The van der Waals surface area contributed by atoms with E-state index in [1.165, 1.54) is 0 Å². The number of ether oxygens (including phenoxy) is 1. The molecule has 4 aromatic rings. The molecule has 0 aliphatic carbocycles. The third-order valence-electron chi connectivity index (χ3n) is 6.78. The van der Waals surface area contributed by atoms with Crippen LogP contribution in [0.25, 0.3) is 11.3 Å². The highest BCUT2D eigenvalue weighted by molar-refractivity contribution is 5.80. The van der Waals surface area contributed by atoms with Crippen LogP contribution in [0.2, 0.25) is 0 Å². The predicted octanol–water partition coefficient (Wildman–Crippen LogP) is 5.27. The largest absolute Gasteiger partial charge is 0.497 e. The molecule has 1 saturated heterocycles. The second kappa shape index (κ2) is 11.0. The van der Waals surface area contributed by atoms with Crippen LogP contribution in [0.15, 0.2) is 97.1 Å². The maximum absolute atomic E-state index is 13.3. The molecule has 3 aromatic carbocycles. The summed E-state index contributed by atoms with van der Waals surface area (Å²) >= 11 is 0. The first-order valence-corrected chi connectivity index (χ1v) is 12.3. The summed E-state index contributed by atoms with van der Waals surface area (Å²) in [5, 5.41) is 12.2. The predicted molar refractivity (Wildman–Crippen MR) is 142 cm³/mol. The molecule has 0 atom stereocenters. The Bertz CT molecular complexity index is 1210. The molecule has 6 heteroatoms. The van der Waals surface area contributed by atoms with Gasteiger partial charge in [0.2, 0.25) is 5.91 Å². The molecule has 0 unspecified atom stereocenters. The molecule has 1 aliphatic rings. The van der Waals surface area contributed by atoms with Crippen LogP contribution < -0.4 is 15.0 Å². The molecule has 5 rings (SSSR count). The smallest absolute Gasteiger partial charge is 0.223 e. The molecule has 0 spiro atoms. The van der Waals surface area contributed by atoms with E-state index >= 15 is 0 Å². The number of hydrogen-bond acceptors (Lipinski definition) is 5. The fourth-order valence-electron chi connectivity index (χ4n) is 4.69. The highest BCUT2D eigenvalue weighted by Gasteiger charge is 2.28. The molecule has 182 valence electrons. The molecule has 0 radical (unpaired) electrons. The number of piperidine rings is 1. The topological polar surface area (TPSA) is 67.3 Å². The lowest BCUT2D eigenvalue weighted by Crippen LogP contribution is -2.42. The number of carbonyl (C=O) groups excluding carboxylic acids is 1. The molecule has 2 heterocycles. The minimum atomic E-state index is -0.158. The van der Waals surface area contributed by atoms with Crippen LogP contribution in [-0.2, 0) is 4.79 Å². The van der Waals surface area contributed by atoms with Crippen molar-refractivity contribution in [1.82, 2.24) is 15.5 Å². The Balaban J connectivity index is 1.21. The monoisotopic (exact) mass is 478 g/mol. The molecule has 6 nitrogen and oxygen atoms in total. The van der Waals surface area contributed by atoms with Gasteiger partial charge in [-0.05, 0) is 60.4 Å². The number of carbonyl (C=O) groups is 1. The van der Waals surface area contributed by atoms with Gasteiger partial charge < -0.3 is 15.0 Å². The summed E-state index contributed by atoms with van der Waals surface area (Å²) in [6, 6.07) is 31.9. The van der Waals surface area contributed by atoms with Crippen LogP contribution in [0.1, 0.15) is 30.0 Å². The summed E-state index contributed by atoms with van der Waals surface area (Å²) in [5.74, 6) is 1.74. The van der Waals surface area contributed by atoms with Crippen LogP contribution in [0.3, 0.4) is 0 Å². The number of nitrogens with one attached hydrogen (secondary N) is 1. The number of rotatable bonds is 7. The Morgan fingerprint density at radius 3 is 1.97 bits per heavy atom. The summed E-state index contributed by atoms with van der Waals surface area (Å²) in [6.07, 6.45) is 1.56. The number of methoxy groups -OCH3 is 1. The first-order chi connectivity index (χ1) is 17.7. The van der Waals surface area contributed by atoms with Crippen molar-refractivity contribution in [2.45, 2.75) is 18.9 Å². The number of amides is 1. The van der Waals surface area contributed by atoms with Crippen molar-refractivity contribution in [1.29, 1.82) is 0 Å². The Kier molecular flexibility index (Phi) is 7.22. The molecule has 0 bridgehead atoms. The number of benzene rings is 3. The van der Waals surface area contributed by atoms with Crippen molar-refractivity contribution in [2.24, 2.45) is 5.92 Å². The van der Waals surface area contributed by atoms with Crippen LogP contribution >= 0.6 is 0 Å². The van der Waals surface area contributed by atoms with Crippen molar-refractivity contribution >= 4 is 11.7 Å². The van der Waals surface area contributed by atoms with Crippen LogP contribution in [0.4, 0.5) is 5.82 Å². The van der Waals surface area contributed by atoms with Gasteiger partial charge >= 0.3 is 0 Å². The van der Waals surface area contributed by atoms with E-state index in [9.17, 15) is 4.79 Å². The van der Waals surface area contributed by atoms with Crippen LogP contribution in [-0.4, -0.2) is 36.3 Å². The van der Waals surface area contributed by atoms with E-state index in [4.69, 9.17) is 4.74 Å². The van der Waals surface area contributed by atoms with Gasteiger partial charge in [-0.15, -0.1) is 10.2 Å². The number of anilines is 1. The molecule has 1 fully saturated rings. The van der Waals surface area contributed by atoms with Gasteiger partial charge in [-0.3, -0.25) is 4.79 Å². The van der Waals surface area contributed by atoms with Gasteiger partial charge in [-0.25, -0.2) is 0 Å². The summed E-state index contributed by atoms with van der Waals surface area (Å²) in [7, 11) is 1.65. The average Bonchev–Trinajstić information content (AvgIpc) is 2.97. The molecule has 1 N–H and O–H groups in total.